The molecule has 0 amide bonds. The van der Waals surface area contributed by atoms with Gasteiger partial charge in [-0.15, -0.1) is 0 Å². The van der Waals surface area contributed by atoms with E-state index in [1.165, 1.54) is 3.57 Å². The van der Waals surface area contributed by atoms with Crippen LogP contribution in [0.1, 0.15) is 20.8 Å². The van der Waals surface area contributed by atoms with Gasteiger partial charge >= 0.3 is 8.80 Å². The van der Waals surface area contributed by atoms with Crippen molar-refractivity contribution in [3.8, 4) is 0 Å². The first-order valence-electron chi connectivity index (χ1n) is 6.07. The summed E-state index contributed by atoms with van der Waals surface area (Å²) in [6.45, 7) is 7.70. The van der Waals surface area contributed by atoms with Gasteiger partial charge in [-0.1, -0.05) is 0 Å². The normalized spacial score (nSPS) is 11.9. The van der Waals surface area contributed by atoms with Crippen LogP contribution in [0.25, 0.3) is 0 Å². The average Bonchev–Trinajstić information content (AvgIpc) is 2.28. The van der Waals surface area contributed by atoms with Gasteiger partial charge in [-0.25, -0.2) is 0 Å². The lowest BCUT2D eigenvalue weighted by molar-refractivity contribution is 0.0856. The van der Waals surface area contributed by atoms with Crippen molar-refractivity contribution in [2.75, 3.05) is 19.8 Å². The van der Waals surface area contributed by atoms with E-state index in [1.807, 2.05) is 20.8 Å². The van der Waals surface area contributed by atoms with Gasteiger partial charge in [0.2, 0.25) is 0 Å². The number of rotatable bonds is 7. The number of hydrogen-bond donors (Lipinski definition) is 0. The molecule has 0 aliphatic rings. The van der Waals surface area contributed by atoms with Crippen molar-refractivity contribution in [3.05, 3.63) is 22.8 Å². The smallest absolute Gasteiger partial charge is 0.370 e. The van der Waals surface area contributed by atoms with Gasteiger partial charge in [-0.05, 0) is 101 Å². The first-order chi connectivity index (χ1) is 9.00. The predicted molar refractivity (Wildman–Crippen MR) is 105 cm³/mol. The maximum atomic E-state index is 5.98. The van der Waals surface area contributed by atoms with Crippen LogP contribution in [-0.4, -0.2) is 28.6 Å². The second-order valence-corrected chi connectivity index (χ2v) is 9.65. The van der Waals surface area contributed by atoms with Crippen LogP contribution in [0.3, 0.4) is 0 Å². The Kier molecular flexibility index (Phi) is 8.62. The molecule has 0 fully saturated rings. The van der Waals surface area contributed by atoms with Gasteiger partial charge in [-0.2, -0.15) is 0 Å². The molecule has 0 unspecified atom stereocenters. The average molecular weight is 618 g/mol. The van der Waals surface area contributed by atoms with Crippen LogP contribution < -0.4 is 5.19 Å². The molecule has 1 rings (SSSR count). The highest BCUT2D eigenvalue weighted by Gasteiger charge is 2.46. The van der Waals surface area contributed by atoms with Gasteiger partial charge in [-0.3, -0.25) is 0 Å². The summed E-state index contributed by atoms with van der Waals surface area (Å²) in [5.41, 5.74) is 0. The molecule has 0 saturated heterocycles. The summed E-state index contributed by atoms with van der Waals surface area (Å²) in [7, 11) is -2.80. The fourth-order valence-corrected chi connectivity index (χ4v) is 9.86. The summed E-state index contributed by atoms with van der Waals surface area (Å²) < 4.78 is 21.4. The van der Waals surface area contributed by atoms with Crippen molar-refractivity contribution in [2.45, 2.75) is 20.8 Å². The summed E-state index contributed by atoms with van der Waals surface area (Å²) in [4.78, 5) is 0. The van der Waals surface area contributed by atoms with Crippen molar-refractivity contribution in [2.24, 2.45) is 0 Å². The van der Waals surface area contributed by atoms with Crippen LogP contribution in [0, 0.1) is 10.7 Å². The van der Waals surface area contributed by atoms with Crippen molar-refractivity contribution in [1.82, 2.24) is 0 Å². The largest absolute Gasteiger partial charge is 0.539 e. The third-order valence-corrected chi connectivity index (χ3v) is 8.82. The highest BCUT2D eigenvalue weighted by atomic mass is 127. The van der Waals surface area contributed by atoms with Gasteiger partial charge in [0.05, 0.1) is 0 Å². The zero-order valence-electron chi connectivity index (χ0n) is 11.1. The molecule has 1 aromatic carbocycles. The quantitative estimate of drug-likeness (QED) is 0.345. The third kappa shape index (κ3) is 4.74. The second kappa shape index (κ2) is 8.83. The van der Waals surface area contributed by atoms with E-state index in [0.29, 0.717) is 19.8 Å². The topological polar surface area (TPSA) is 27.7 Å². The minimum atomic E-state index is -2.80. The molecule has 0 aromatic heterocycles. The van der Waals surface area contributed by atoms with Crippen molar-refractivity contribution in [1.29, 1.82) is 0 Å². The van der Waals surface area contributed by atoms with Gasteiger partial charge < -0.3 is 13.3 Å². The molecule has 0 saturated carbocycles. The summed E-state index contributed by atoms with van der Waals surface area (Å²) >= 11 is 7.01. The van der Waals surface area contributed by atoms with E-state index in [2.05, 4.69) is 79.9 Å². The summed E-state index contributed by atoms with van der Waals surface area (Å²) in [6.07, 6.45) is 0. The Morgan fingerprint density at radius 3 is 1.53 bits per heavy atom. The van der Waals surface area contributed by atoms with E-state index < -0.39 is 8.80 Å². The summed E-state index contributed by atoms with van der Waals surface area (Å²) in [5, 5.41) is 1.10. The van der Waals surface area contributed by atoms with E-state index in [-0.39, 0.29) is 0 Å². The monoisotopic (exact) mass is 618 g/mol. The molecule has 108 valence electrons. The highest BCUT2D eigenvalue weighted by Crippen LogP contribution is 2.21. The Morgan fingerprint density at radius 2 is 1.21 bits per heavy atom. The molecule has 0 aliphatic carbocycles. The van der Waals surface area contributed by atoms with Crippen molar-refractivity contribution >= 4 is 81.8 Å². The fraction of sp³-hybridized carbons (Fsp3) is 0.500. The van der Waals surface area contributed by atoms with Gasteiger partial charge in [0.25, 0.3) is 0 Å². The SMILES string of the molecule is CCO[Si](OCC)(OCC)c1c(I)cc(I)cc1I. The summed E-state index contributed by atoms with van der Waals surface area (Å²) in [6, 6.07) is 4.27. The summed E-state index contributed by atoms with van der Waals surface area (Å²) in [5.74, 6) is 0. The van der Waals surface area contributed by atoms with Crippen LogP contribution in [0.15, 0.2) is 12.1 Å². The molecule has 0 bridgehead atoms. The zero-order valence-corrected chi connectivity index (χ0v) is 18.6. The minimum Gasteiger partial charge on any atom is -0.370 e. The lowest BCUT2D eigenvalue weighted by Gasteiger charge is -2.30. The minimum absolute atomic E-state index is 0.588. The molecule has 7 heteroatoms. The Labute approximate surface area is 156 Å². The van der Waals surface area contributed by atoms with Crippen LogP contribution in [0.5, 0.6) is 0 Å². The second-order valence-electron chi connectivity index (χ2n) is 3.60. The van der Waals surface area contributed by atoms with Gasteiger partial charge in [0.1, 0.15) is 0 Å². The lowest BCUT2D eigenvalue weighted by atomic mass is 10.4. The van der Waals surface area contributed by atoms with Crippen LogP contribution in [-0.2, 0) is 13.3 Å². The fourth-order valence-electron chi connectivity index (χ4n) is 1.75. The number of halogens is 3. The zero-order chi connectivity index (χ0) is 14.5. The van der Waals surface area contributed by atoms with E-state index >= 15 is 0 Å². The van der Waals surface area contributed by atoms with Gasteiger partial charge in [0.15, 0.2) is 0 Å². The molecular formula is C12H17I3O3Si. The molecule has 0 radical (unpaired) electrons. The molecule has 3 nitrogen and oxygen atoms in total. The molecule has 1 aromatic rings. The standard InChI is InChI=1S/C12H17I3O3Si/c1-4-16-19(17-5-2,18-6-3)12-10(14)7-9(13)8-11(12)15/h7-8H,4-6H2,1-3H3. The van der Waals surface area contributed by atoms with E-state index in [1.54, 1.807) is 0 Å². The molecule has 0 atom stereocenters. The van der Waals surface area contributed by atoms with Crippen LogP contribution >= 0.6 is 67.8 Å². The van der Waals surface area contributed by atoms with E-state index in [4.69, 9.17) is 13.3 Å². The third-order valence-electron chi connectivity index (χ3n) is 2.32. The number of benzene rings is 1. The number of hydrogen-bond acceptors (Lipinski definition) is 3. The first kappa shape index (κ1) is 18.6. The van der Waals surface area contributed by atoms with Crippen LogP contribution in [0.4, 0.5) is 0 Å². The molecule has 0 spiro atoms. The molecule has 0 aliphatic heterocycles. The van der Waals surface area contributed by atoms with E-state index in [0.717, 1.165) is 12.3 Å². The highest BCUT2D eigenvalue weighted by molar-refractivity contribution is 14.1. The van der Waals surface area contributed by atoms with E-state index in [9.17, 15) is 0 Å². The van der Waals surface area contributed by atoms with Crippen LogP contribution in [0.2, 0.25) is 0 Å². The lowest BCUT2D eigenvalue weighted by Crippen LogP contribution is -2.59. The first-order valence-corrected chi connectivity index (χ1v) is 11.0. The Morgan fingerprint density at radius 1 is 0.842 bits per heavy atom. The molecular weight excluding hydrogens is 601 g/mol. The van der Waals surface area contributed by atoms with Crippen molar-refractivity contribution < 1.29 is 13.3 Å². The molecule has 19 heavy (non-hydrogen) atoms. The molecule has 0 N–H and O–H groups in total. The maximum Gasteiger partial charge on any atom is 0.539 e. The molecule has 0 heterocycles. The Hall–Kier alpha value is 1.51. The van der Waals surface area contributed by atoms with Crippen molar-refractivity contribution in [3.63, 3.8) is 0 Å². The Balaban J connectivity index is 3.37. The maximum absolute atomic E-state index is 5.98. The Bertz CT molecular complexity index is 389. The predicted octanol–water partition coefficient (Wildman–Crippen LogP) is 3.76. The van der Waals surface area contributed by atoms with Gasteiger partial charge in [0, 0.05) is 35.7 Å².